The molecule has 4 aromatic rings. The lowest BCUT2D eigenvalue weighted by Gasteiger charge is -2.33. The van der Waals surface area contributed by atoms with E-state index in [1.807, 2.05) is 84.9 Å². The Labute approximate surface area is 240 Å². The number of amides is 3. The number of imide groups is 1. The fourth-order valence-electron chi connectivity index (χ4n) is 6.08. The monoisotopic (exact) mass is 596 g/mol. The maximum absolute atomic E-state index is 15.6. The fourth-order valence-corrected chi connectivity index (χ4v) is 6.34. The van der Waals surface area contributed by atoms with E-state index in [9.17, 15) is 14.4 Å². The molecule has 2 aliphatic rings. The summed E-state index contributed by atoms with van der Waals surface area (Å²) >= 11 is 3.41. The van der Waals surface area contributed by atoms with Gasteiger partial charge in [-0.2, -0.15) is 0 Å². The summed E-state index contributed by atoms with van der Waals surface area (Å²) in [6.45, 7) is 0.266. The van der Waals surface area contributed by atoms with Crippen molar-refractivity contribution >= 4 is 39.3 Å². The van der Waals surface area contributed by atoms with Crippen LogP contribution in [0.25, 0.3) is 0 Å². The summed E-state index contributed by atoms with van der Waals surface area (Å²) in [6.07, 6.45) is 0.0489. The minimum Gasteiger partial charge on any atom is -0.304 e. The first-order valence-electron chi connectivity index (χ1n) is 13.2. The van der Waals surface area contributed by atoms with Gasteiger partial charge in [0.2, 0.25) is 17.7 Å². The van der Waals surface area contributed by atoms with E-state index in [4.69, 9.17) is 0 Å². The van der Waals surface area contributed by atoms with E-state index in [1.54, 1.807) is 12.1 Å². The van der Waals surface area contributed by atoms with Crippen LogP contribution in [-0.2, 0) is 39.3 Å². The normalized spacial score (nSPS) is 20.4. The average Bonchev–Trinajstić information content (AvgIpc) is 3.38. The van der Waals surface area contributed by atoms with Crippen LogP contribution in [0.5, 0.6) is 0 Å². The van der Waals surface area contributed by atoms with E-state index in [0.29, 0.717) is 5.56 Å². The molecule has 7 heteroatoms. The summed E-state index contributed by atoms with van der Waals surface area (Å²) in [6, 6.07) is 30.9. The minimum atomic E-state index is -1.44. The van der Waals surface area contributed by atoms with E-state index < -0.39 is 23.1 Å². The number of nitrogens with zero attached hydrogens (tertiary/aromatic N) is 2. The summed E-state index contributed by atoms with van der Waals surface area (Å²) in [7, 11) is 0. The Morgan fingerprint density at radius 1 is 0.725 bits per heavy atom. The van der Waals surface area contributed by atoms with Gasteiger partial charge in [-0.1, -0.05) is 101 Å². The van der Waals surface area contributed by atoms with Gasteiger partial charge >= 0.3 is 0 Å². The van der Waals surface area contributed by atoms with Gasteiger partial charge < -0.3 is 4.90 Å². The zero-order valence-corrected chi connectivity index (χ0v) is 23.2. The van der Waals surface area contributed by atoms with Crippen molar-refractivity contribution in [3.05, 3.63) is 136 Å². The molecule has 4 aromatic carbocycles. The van der Waals surface area contributed by atoms with Crippen molar-refractivity contribution in [1.82, 2.24) is 4.90 Å². The van der Waals surface area contributed by atoms with Crippen molar-refractivity contribution in [2.75, 3.05) is 4.90 Å². The molecule has 0 N–H and O–H groups in total. The van der Waals surface area contributed by atoms with Crippen LogP contribution in [0.2, 0.25) is 0 Å². The Balaban J connectivity index is 1.47. The minimum absolute atomic E-state index is 0.112. The van der Waals surface area contributed by atoms with Gasteiger partial charge in [0.05, 0.1) is 30.1 Å². The van der Waals surface area contributed by atoms with Crippen LogP contribution in [0.3, 0.4) is 0 Å². The van der Waals surface area contributed by atoms with Crippen molar-refractivity contribution < 1.29 is 18.8 Å². The highest BCUT2D eigenvalue weighted by Gasteiger charge is 2.61. The second-order valence-corrected chi connectivity index (χ2v) is 11.3. The predicted octanol–water partition coefficient (Wildman–Crippen LogP) is 6.19. The number of hydrogen-bond donors (Lipinski definition) is 0. The molecule has 0 aromatic heterocycles. The summed E-state index contributed by atoms with van der Waals surface area (Å²) < 4.78 is 16.5. The number of hydrogen-bond acceptors (Lipinski definition) is 3. The summed E-state index contributed by atoms with van der Waals surface area (Å²) in [5.41, 5.74) is 1.67. The Morgan fingerprint density at radius 3 is 2.00 bits per heavy atom. The standard InChI is InChI=1S/C33H26BrFN2O3/c34-25-16-14-24(15-17-25)20-36-29(38)18-27(31(36)39)33(19-22-8-3-1-4-9-22)26-12-7-13-28(35)30(26)37(32(33)40)21-23-10-5-2-6-11-23/h1-17,27H,18-21H2/t27-,33+/m0/s1. The molecule has 2 aliphatic heterocycles. The van der Waals surface area contributed by atoms with Crippen LogP contribution in [0.4, 0.5) is 10.1 Å². The largest absolute Gasteiger partial charge is 0.304 e. The van der Waals surface area contributed by atoms with Crippen molar-refractivity contribution in [2.24, 2.45) is 5.92 Å². The predicted molar refractivity (Wildman–Crippen MR) is 154 cm³/mol. The highest BCUT2D eigenvalue weighted by Crippen LogP contribution is 2.52. The molecule has 0 unspecified atom stereocenters. The number of benzene rings is 4. The quantitative estimate of drug-likeness (QED) is 0.239. The maximum Gasteiger partial charge on any atom is 0.239 e. The van der Waals surface area contributed by atoms with E-state index in [0.717, 1.165) is 21.2 Å². The number of carbonyl (C=O) groups excluding carboxylic acids is 3. The van der Waals surface area contributed by atoms with Gasteiger partial charge in [0.15, 0.2) is 0 Å². The smallest absolute Gasteiger partial charge is 0.239 e. The molecular weight excluding hydrogens is 571 g/mol. The number of carbonyl (C=O) groups is 3. The second-order valence-electron chi connectivity index (χ2n) is 10.3. The van der Waals surface area contributed by atoms with Crippen LogP contribution < -0.4 is 4.90 Å². The molecule has 0 radical (unpaired) electrons. The number of halogens is 2. The summed E-state index contributed by atoms with van der Waals surface area (Å²) in [4.78, 5) is 44.8. The number of fused-ring (bicyclic) bond motifs is 1. The van der Waals surface area contributed by atoms with Crippen LogP contribution in [-0.4, -0.2) is 22.6 Å². The molecule has 0 aliphatic carbocycles. The number of likely N-dealkylation sites (tertiary alicyclic amines) is 1. The van der Waals surface area contributed by atoms with Crippen molar-refractivity contribution in [3.63, 3.8) is 0 Å². The van der Waals surface area contributed by atoms with E-state index in [1.165, 1.54) is 15.9 Å². The van der Waals surface area contributed by atoms with Gasteiger partial charge in [-0.3, -0.25) is 19.3 Å². The molecule has 200 valence electrons. The zero-order chi connectivity index (χ0) is 27.9. The first-order chi connectivity index (χ1) is 19.4. The van der Waals surface area contributed by atoms with E-state index >= 15 is 4.39 Å². The van der Waals surface area contributed by atoms with Gasteiger partial charge in [-0.25, -0.2) is 4.39 Å². The Kier molecular flexibility index (Phi) is 6.84. The topological polar surface area (TPSA) is 57.7 Å². The first kappa shape index (κ1) is 26.1. The van der Waals surface area contributed by atoms with Crippen molar-refractivity contribution in [2.45, 2.75) is 31.3 Å². The number of anilines is 1. The second kappa shape index (κ2) is 10.5. The Bertz CT molecular complexity index is 1590. The molecule has 1 saturated heterocycles. The molecule has 2 atom stereocenters. The highest BCUT2D eigenvalue weighted by atomic mass is 79.9. The molecule has 40 heavy (non-hydrogen) atoms. The third kappa shape index (κ3) is 4.44. The molecule has 2 heterocycles. The molecule has 5 nitrogen and oxygen atoms in total. The van der Waals surface area contributed by atoms with Crippen LogP contribution in [0.1, 0.15) is 28.7 Å². The van der Waals surface area contributed by atoms with Gasteiger partial charge in [-0.15, -0.1) is 0 Å². The molecule has 0 spiro atoms. The van der Waals surface area contributed by atoms with Gasteiger partial charge in [0, 0.05) is 10.9 Å². The lowest BCUT2D eigenvalue weighted by atomic mass is 9.66. The molecular formula is C33H26BrFN2O3. The Morgan fingerprint density at radius 2 is 1.32 bits per heavy atom. The molecule has 0 saturated carbocycles. The van der Waals surface area contributed by atoms with Crippen LogP contribution in [0, 0.1) is 11.7 Å². The Hall–Kier alpha value is -4.10. The lowest BCUT2D eigenvalue weighted by Crippen LogP contribution is -2.49. The molecule has 1 fully saturated rings. The van der Waals surface area contributed by atoms with Gasteiger partial charge in [-0.05, 0) is 46.9 Å². The van der Waals surface area contributed by atoms with E-state index in [2.05, 4.69) is 15.9 Å². The average molecular weight is 597 g/mol. The van der Waals surface area contributed by atoms with Crippen LogP contribution in [0.15, 0.2) is 108 Å². The lowest BCUT2D eigenvalue weighted by molar-refractivity contribution is -0.142. The maximum atomic E-state index is 15.6. The van der Waals surface area contributed by atoms with Crippen molar-refractivity contribution in [3.8, 4) is 0 Å². The highest BCUT2D eigenvalue weighted by molar-refractivity contribution is 9.10. The molecule has 0 bridgehead atoms. The van der Waals surface area contributed by atoms with E-state index in [-0.39, 0.29) is 43.4 Å². The van der Waals surface area contributed by atoms with Gasteiger partial charge in [0.25, 0.3) is 0 Å². The fraction of sp³-hybridized carbons (Fsp3) is 0.182. The third-order valence-corrected chi connectivity index (χ3v) is 8.49. The molecule has 6 rings (SSSR count). The number of rotatable bonds is 7. The summed E-state index contributed by atoms with van der Waals surface area (Å²) in [5.74, 6) is -2.60. The zero-order valence-electron chi connectivity index (χ0n) is 21.6. The SMILES string of the molecule is O=C1C[C@H]([C@]2(Cc3ccccc3)C(=O)N(Cc3ccccc3)c3c(F)cccc32)C(=O)N1Cc1ccc(Br)cc1. The van der Waals surface area contributed by atoms with Crippen LogP contribution >= 0.6 is 15.9 Å². The third-order valence-electron chi connectivity index (χ3n) is 7.97. The molecule has 3 amide bonds. The first-order valence-corrected chi connectivity index (χ1v) is 14.0. The number of para-hydroxylation sites is 1. The van der Waals surface area contributed by atoms with Crippen molar-refractivity contribution in [1.29, 1.82) is 0 Å². The van der Waals surface area contributed by atoms with Gasteiger partial charge in [0.1, 0.15) is 5.82 Å². The summed E-state index contributed by atoms with van der Waals surface area (Å²) in [5, 5.41) is 0.